The number of likely N-dealkylation sites (tertiary alicyclic amines) is 1. The molecule has 1 aliphatic heterocycles. The molecule has 3 nitrogen and oxygen atoms in total. The van der Waals surface area contributed by atoms with Gasteiger partial charge in [0.05, 0.1) is 5.56 Å². The summed E-state index contributed by atoms with van der Waals surface area (Å²) in [5.74, 6) is -0.518. The summed E-state index contributed by atoms with van der Waals surface area (Å²) in [6, 6.07) is 4.44. The molecule has 0 bridgehead atoms. The van der Waals surface area contributed by atoms with Crippen molar-refractivity contribution < 1.29 is 9.18 Å². The minimum Gasteiger partial charge on any atom is -0.350 e. The predicted octanol–water partition coefficient (Wildman–Crippen LogP) is 3.19. The molecular weight excluding hydrogens is 323 g/mol. The van der Waals surface area contributed by atoms with Crippen LogP contribution in [0.2, 0.25) is 0 Å². The van der Waals surface area contributed by atoms with Crippen LogP contribution >= 0.6 is 15.9 Å². The molecule has 1 N–H and O–H groups in total. The van der Waals surface area contributed by atoms with Crippen molar-refractivity contribution in [2.75, 3.05) is 19.6 Å². The normalized spacial score (nSPS) is 17.8. The zero-order chi connectivity index (χ0) is 14.5. The number of amides is 1. The van der Waals surface area contributed by atoms with E-state index in [1.165, 1.54) is 37.5 Å². The molecule has 0 aliphatic carbocycles. The molecule has 110 valence electrons. The Morgan fingerprint density at radius 1 is 1.40 bits per heavy atom. The van der Waals surface area contributed by atoms with Crippen LogP contribution in [0, 0.1) is 5.82 Å². The van der Waals surface area contributed by atoms with Gasteiger partial charge in [0, 0.05) is 17.1 Å². The van der Waals surface area contributed by atoms with Crippen LogP contribution in [-0.2, 0) is 0 Å². The number of carbonyl (C=O) groups excluding carboxylic acids is 1. The third kappa shape index (κ3) is 4.03. The van der Waals surface area contributed by atoms with Crippen LogP contribution in [0.1, 0.15) is 36.5 Å². The van der Waals surface area contributed by atoms with Crippen molar-refractivity contribution in [1.82, 2.24) is 10.2 Å². The van der Waals surface area contributed by atoms with Gasteiger partial charge in [-0.25, -0.2) is 4.39 Å². The van der Waals surface area contributed by atoms with E-state index >= 15 is 0 Å². The van der Waals surface area contributed by atoms with Crippen LogP contribution in [-0.4, -0.2) is 36.5 Å². The maximum atomic E-state index is 13.0. The topological polar surface area (TPSA) is 32.3 Å². The van der Waals surface area contributed by atoms with Crippen LogP contribution in [0.5, 0.6) is 0 Å². The third-order valence-electron chi connectivity index (χ3n) is 3.75. The molecule has 1 aromatic carbocycles. The molecule has 1 heterocycles. The number of carbonyl (C=O) groups is 1. The highest BCUT2D eigenvalue weighted by atomic mass is 79.9. The van der Waals surface area contributed by atoms with E-state index in [1.807, 2.05) is 0 Å². The van der Waals surface area contributed by atoms with Crippen LogP contribution in [0.3, 0.4) is 0 Å². The summed E-state index contributed by atoms with van der Waals surface area (Å²) < 4.78 is 13.5. The number of benzene rings is 1. The Hall–Kier alpha value is -0.940. The molecule has 1 atom stereocenters. The second kappa shape index (κ2) is 7.18. The summed E-state index contributed by atoms with van der Waals surface area (Å²) >= 11 is 3.22. The first-order valence-electron chi connectivity index (χ1n) is 7.05. The second-order valence-electron chi connectivity index (χ2n) is 5.28. The molecule has 1 fully saturated rings. The van der Waals surface area contributed by atoms with Crippen molar-refractivity contribution >= 4 is 21.8 Å². The highest BCUT2D eigenvalue weighted by Gasteiger charge is 2.18. The van der Waals surface area contributed by atoms with Crippen molar-refractivity contribution in [3.63, 3.8) is 0 Å². The summed E-state index contributed by atoms with van der Waals surface area (Å²) in [6.07, 6.45) is 3.78. The lowest BCUT2D eigenvalue weighted by atomic mass is 10.1. The summed E-state index contributed by atoms with van der Waals surface area (Å²) in [6.45, 7) is 4.96. The minimum absolute atomic E-state index is 0.166. The lowest BCUT2D eigenvalue weighted by Gasteiger charge is -2.32. The lowest BCUT2D eigenvalue weighted by molar-refractivity contribution is 0.0929. The SMILES string of the molecule is CC(CNC(=O)c1ccc(F)cc1Br)N1CCCCC1. The first-order valence-corrected chi connectivity index (χ1v) is 7.84. The van der Waals surface area contributed by atoms with Gasteiger partial charge in [-0.2, -0.15) is 0 Å². The zero-order valence-electron chi connectivity index (χ0n) is 11.7. The molecule has 0 aromatic heterocycles. The van der Waals surface area contributed by atoms with Crippen molar-refractivity contribution in [3.8, 4) is 0 Å². The van der Waals surface area contributed by atoms with Gasteiger partial charge in [-0.05, 0) is 67.0 Å². The van der Waals surface area contributed by atoms with Crippen molar-refractivity contribution in [3.05, 3.63) is 34.1 Å². The van der Waals surface area contributed by atoms with E-state index in [0.717, 1.165) is 13.1 Å². The van der Waals surface area contributed by atoms with Gasteiger partial charge in [-0.1, -0.05) is 6.42 Å². The monoisotopic (exact) mass is 342 g/mol. The molecule has 1 unspecified atom stereocenters. The molecule has 20 heavy (non-hydrogen) atoms. The second-order valence-corrected chi connectivity index (χ2v) is 6.13. The van der Waals surface area contributed by atoms with Crippen LogP contribution in [0.4, 0.5) is 4.39 Å². The average molecular weight is 343 g/mol. The maximum Gasteiger partial charge on any atom is 0.252 e. The van der Waals surface area contributed by atoms with E-state index in [0.29, 0.717) is 22.6 Å². The van der Waals surface area contributed by atoms with Gasteiger partial charge < -0.3 is 5.32 Å². The number of halogens is 2. The zero-order valence-corrected chi connectivity index (χ0v) is 13.2. The van der Waals surface area contributed by atoms with Crippen LogP contribution in [0.25, 0.3) is 0 Å². The van der Waals surface area contributed by atoms with E-state index in [9.17, 15) is 9.18 Å². The Bertz CT molecular complexity index is 475. The first-order chi connectivity index (χ1) is 9.58. The van der Waals surface area contributed by atoms with Gasteiger partial charge in [0.25, 0.3) is 5.91 Å². The Kier molecular flexibility index (Phi) is 5.54. The molecule has 1 aromatic rings. The summed E-state index contributed by atoms with van der Waals surface area (Å²) in [5, 5.41) is 2.92. The largest absolute Gasteiger partial charge is 0.350 e. The molecule has 0 spiro atoms. The number of hydrogen-bond donors (Lipinski definition) is 1. The summed E-state index contributed by atoms with van der Waals surface area (Å²) in [5.41, 5.74) is 0.470. The number of piperidine rings is 1. The quantitative estimate of drug-likeness (QED) is 0.911. The molecule has 0 radical (unpaired) electrons. The van der Waals surface area contributed by atoms with E-state index in [-0.39, 0.29) is 11.7 Å². The van der Waals surface area contributed by atoms with Gasteiger partial charge in [0.15, 0.2) is 0 Å². The van der Waals surface area contributed by atoms with E-state index < -0.39 is 0 Å². The maximum absolute atomic E-state index is 13.0. The number of rotatable bonds is 4. The fourth-order valence-corrected chi connectivity index (χ4v) is 3.03. The number of nitrogens with zero attached hydrogens (tertiary/aromatic N) is 1. The predicted molar refractivity (Wildman–Crippen MR) is 81.3 cm³/mol. The summed E-state index contributed by atoms with van der Waals surface area (Å²) in [4.78, 5) is 14.5. The molecule has 0 saturated carbocycles. The smallest absolute Gasteiger partial charge is 0.252 e. The lowest BCUT2D eigenvalue weighted by Crippen LogP contribution is -2.44. The van der Waals surface area contributed by atoms with E-state index in [2.05, 4.69) is 33.1 Å². The first kappa shape index (κ1) is 15.4. The van der Waals surface area contributed by atoms with E-state index in [4.69, 9.17) is 0 Å². The fraction of sp³-hybridized carbons (Fsp3) is 0.533. The van der Waals surface area contributed by atoms with Crippen molar-refractivity contribution in [1.29, 1.82) is 0 Å². The average Bonchev–Trinajstić information content (AvgIpc) is 2.45. The number of nitrogens with one attached hydrogen (secondary N) is 1. The highest BCUT2D eigenvalue weighted by molar-refractivity contribution is 9.10. The molecule has 1 aliphatic rings. The van der Waals surface area contributed by atoms with Gasteiger partial charge in [-0.15, -0.1) is 0 Å². The molecule has 1 saturated heterocycles. The Balaban J connectivity index is 1.88. The molecule has 2 rings (SSSR count). The molecule has 1 amide bonds. The van der Waals surface area contributed by atoms with Gasteiger partial charge in [-0.3, -0.25) is 9.69 Å². The minimum atomic E-state index is -0.352. The Morgan fingerprint density at radius 3 is 2.75 bits per heavy atom. The fourth-order valence-electron chi connectivity index (χ4n) is 2.50. The standard InChI is InChI=1S/C15H20BrFN2O/c1-11(19-7-3-2-4-8-19)10-18-15(20)13-6-5-12(17)9-14(13)16/h5-6,9,11H,2-4,7-8,10H2,1H3,(H,18,20). The highest BCUT2D eigenvalue weighted by Crippen LogP contribution is 2.18. The van der Waals surface area contributed by atoms with Gasteiger partial charge >= 0.3 is 0 Å². The van der Waals surface area contributed by atoms with Gasteiger partial charge in [0.2, 0.25) is 0 Å². The van der Waals surface area contributed by atoms with Crippen LogP contribution < -0.4 is 5.32 Å². The van der Waals surface area contributed by atoms with Crippen LogP contribution in [0.15, 0.2) is 22.7 Å². The number of hydrogen-bond acceptors (Lipinski definition) is 2. The Morgan fingerprint density at radius 2 is 2.10 bits per heavy atom. The molecular formula is C15H20BrFN2O. The van der Waals surface area contributed by atoms with Gasteiger partial charge in [0.1, 0.15) is 5.82 Å². The van der Waals surface area contributed by atoms with E-state index in [1.54, 1.807) is 0 Å². The summed E-state index contributed by atoms with van der Waals surface area (Å²) in [7, 11) is 0. The third-order valence-corrected chi connectivity index (χ3v) is 4.40. The van der Waals surface area contributed by atoms with Crippen molar-refractivity contribution in [2.45, 2.75) is 32.2 Å². The Labute approximate surface area is 127 Å². The van der Waals surface area contributed by atoms with Crippen molar-refractivity contribution in [2.24, 2.45) is 0 Å². The molecule has 5 heteroatoms.